The smallest absolute Gasteiger partial charge is 0.222 e. The van der Waals surface area contributed by atoms with E-state index in [2.05, 4.69) is 12.2 Å². The van der Waals surface area contributed by atoms with Crippen molar-refractivity contribution >= 4 is 28.3 Å². The van der Waals surface area contributed by atoms with Crippen LogP contribution in [0.3, 0.4) is 0 Å². The van der Waals surface area contributed by atoms with Gasteiger partial charge in [0.25, 0.3) is 0 Å². The Morgan fingerprint density at radius 1 is 1.11 bits per heavy atom. The zero-order valence-corrected chi connectivity index (χ0v) is 18.2. The maximum atomic E-state index is 12.6. The average Bonchev–Trinajstić information content (AvgIpc) is 2.69. The van der Waals surface area contributed by atoms with Gasteiger partial charge >= 0.3 is 0 Å². The zero-order valence-electron chi connectivity index (χ0n) is 16.5. The van der Waals surface area contributed by atoms with Gasteiger partial charge in [0.15, 0.2) is 0 Å². The van der Waals surface area contributed by atoms with Gasteiger partial charge in [0.2, 0.25) is 15.9 Å². The lowest BCUT2D eigenvalue weighted by atomic mass is 9.84. The summed E-state index contributed by atoms with van der Waals surface area (Å²) in [5.74, 6) is 1.19. The Bertz CT molecular complexity index is 715. The fourth-order valence-corrected chi connectivity index (χ4v) is 5.59. The van der Waals surface area contributed by atoms with Gasteiger partial charge in [-0.15, -0.1) is 12.4 Å². The molecule has 0 radical (unpaired) electrons. The van der Waals surface area contributed by atoms with E-state index in [4.69, 9.17) is 0 Å². The summed E-state index contributed by atoms with van der Waals surface area (Å²) in [6.07, 6.45) is 2.85. The van der Waals surface area contributed by atoms with E-state index in [1.54, 1.807) is 0 Å². The molecule has 0 aliphatic carbocycles. The number of amides is 1. The second kappa shape index (κ2) is 10.6. The number of carbonyl (C=O) groups excluding carboxylic acids is 1. The van der Waals surface area contributed by atoms with E-state index < -0.39 is 10.0 Å². The summed E-state index contributed by atoms with van der Waals surface area (Å²) in [6, 6.07) is 9.25. The van der Waals surface area contributed by atoms with Crippen LogP contribution in [0.5, 0.6) is 0 Å². The lowest BCUT2D eigenvalue weighted by Gasteiger charge is -2.35. The predicted octanol–water partition coefficient (Wildman–Crippen LogP) is 2.11. The molecule has 8 heteroatoms. The third kappa shape index (κ3) is 6.17. The largest absolute Gasteiger partial charge is 0.340 e. The summed E-state index contributed by atoms with van der Waals surface area (Å²) in [5, 5.41) is 3.36. The van der Waals surface area contributed by atoms with E-state index in [0.29, 0.717) is 44.4 Å². The van der Waals surface area contributed by atoms with E-state index in [0.717, 1.165) is 31.5 Å². The van der Waals surface area contributed by atoms with Gasteiger partial charge in [0, 0.05) is 32.6 Å². The lowest BCUT2D eigenvalue weighted by molar-refractivity contribution is -0.133. The number of halogens is 1. The molecule has 0 spiro atoms. The van der Waals surface area contributed by atoms with Crippen LogP contribution in [0.1, 0.15) is 31.7 Å². The van der Waals surface area contributed by atoms with Crippen LogP contribution in [-0.4, -0.2) is 62.8 Å². The molecule has 1 N–H and O–H groups in total. The number of benzene rings is 1. The van der Waals surface area contributed by atoms with Crippen molar-refractivity contribution in [2.24, 2.45) is 11.8 Å². The summed E-state index contributed by atoms with van der Waals surface area (Å²) in [7, 11) is -3.34. The number of piperidine rings is 1. The first-order valence-corrected chi connectivity index (χ1v) is 11.6. The molecule has 0 aromatic heterocycles. The Balaban J connectivity index is 0.00000280. The van der Waals surface area contributed by atoms with Gasteiger partial charge in [-0.3, -0.25) is 4.79 Å². The number of sulfonamides is 1. The first kappa shape index (κ1) is 23.1. The number of piperazine rings is 1. The van der Waals surface area contributed by atoms with Crippen molar-refractivity contribution in [3.63, 3.8) is 0 Å². The highest BCUT2D eigenvalue weighted by Crippen LogP contribution is 2.25. The van der Waals surface area contributed by atoms with Crippen LogP contribution in [0.4, 0.5) is 0 Å². The van der Waals surface area contributed by atoms with Crippen LogP contribution in [0.25, 0.3) is 0 Å². The molecule has 3 rings (SSSR count). The monoisotopic (exact) mass is 429 g/mol. The van der Waals surface area contributed by atoms with Crippen molar-refractivity contribution < 1.29 is 13.2 Å². The highest BCUT2D eigenvalue weighted by atomic mass is 35.5. The molecule has 0 bridgehead atoms. The number of nitrogens with one attached hydrogen (secondary N) is 1. The summed E-state index contributed by atoms with van der Waals surface area (Å²) in [5.41, 5.74) is 0.798. The van der Waals surface area contributed by atoms with E-state index in [-0.39, 0.29) is 24.1 Å². The first-order valence-electron chi connectivity index (χ1n) is 9.96. The third-order valence-corrected chi connectivity index (χ3v) is 7.71. The highest BCUT2D eigenvalue weighted by Gasteiger charge is 2.30. The lowest BCUT2D eigenvalue weighted by Crippen LogP contribution is -2.51. The molecule has 2 aliphatic rings. The number of rotatable bonds is 6. The van der Waals surface area contributed by atoms with E-state index in [1.165, 1.54) is 4.31 Å². The number of hydrogen-bond donors (Lipinski definition) is 1. The van der Waals surface area contributed by atoms with E-state index in [1.807, 2.05) is 35.2 Å². The Morgan fingerprint density at radius 2 is 1.71 bits per heavy atom. The quantitative estimate of drug-likeness (QED) is 0.751. The standard InChI is InChI=1S/C20H31N3O3S.ClH/c1-17(19-7-9-21-10-8-19)15-20(24)22-11-13-23(14-12-22)27(25,26)16-18-5-3-2-4-6-18;/h2-6,17,19,21H,7-16H2,1H3;1H. The summed E-state index contributed by atoms with van der Waals surface area (Å²) >= 11 is 0. The number of hydrogen-bond acceptors (Lipinski definition) is 4. The zero-order chi connectivity index (χ0) is 19.3. The molecule has 0 saturated carbocycles. The topological polar surface area (TPSA) is 69.7 Å². The van der Waals surface area contributed by atoms with Crippen LogP contribution >= 0.6 is 12.4 Å². The van der Waals surface area contributed by atoms with Gasteiger partial charge in [-0.2, -0.15) is 4.31 Å². The molecule has 2 fully saturated rings. The van der Waals surface area contributed by atoms with Gasteiger partial charge in [0.1, 0.15) is 0 Å². The van der Waals surface area contributed by atoms with Crippen molar-refractivity contribution in [2.45, 2.75) is 31.9 Å². The number of nitrogens with zero attached hydrogens (tertiary/aromatic N) is 2. The molecule has 6 nitrogen and oxygen atoms in total. The molecule has 1 aromatic carbocycles. The Hall–Kier alpha value is -1.15. The highest BCUT2D eigenvalue weighted by molar-refractivity contribution is 7.88. The summed E-state index contributed by atoms with van der Waals surface area (Å²) in [4.78, 5) is 14.5. The minimum atomic E-state index is -3.34. The normalized spacial score (nSPS) is 20.4. The third-order valence-electron chi connectivity index (χ3n) is 5.86. The molecule has 1 atom stereocenters. The van der Waals surface area contributed by atoms with Crippen molar-refractivity contribution in [3.8, 4) is 0 Å². The van der Waals surface area contributed by atoms with Gasteiger partial charge in [-0.05, 0) is 43.3 Å². The van der Waals surface area contributed by atoms with Gasteiger partial charge in [-0.25, -0.2) is 8.42 Å². The van der Waals surface area contributed by atoms with Crippen molar-refractivity contribution in [1.29, 1.82) is 0 Å². The molecule has 2 saturated heterocycles. The first-order chi connectivity index (χ1) is 13.0. The van der Waals surface area contributed by atoms with Crippen LogP contribution in [-0.2, 0) is 20.6 Å². The summed E-state index contributed by atoms with van der Waals surface area (Å²) < 4.78 is 26.8. The Kier molecular flexibility index (Phi) is 8.74. The molecule has 158 valence electrons. The molecule has 1 amide bonds. The second-order valence-corrected chi connectivity index (χ2v) is 9.76. The van der Waals surface area contributed by atoms with Gasteiger partial charge < -0.3 is 10.2 Å². The minimum absolute atomic E-state index is 0. The van der Waals surface area contributed by atoms with Crippen LogP contribution < -0.4 is 5.32 Å². The average molecular weight is 430 g/mol. The van der Waals surface area contributed by atoms with Gasteiger partial charge in [-0.1, -0.05) is 37.3 Å². The molecule has 1 unspecified atom stereocenters. The van der Waals surface area contributed by atoms with Crippen molar-refractivity contribution in [3.05, 3.63) is 35.9 Å². The molecular formula is C20H32ClN3O3S. The predicted molar refractivity (Wildman–Crippen MR) is 114 cm³/mol. The molecule has 1 aromatic rings. The van der Waals surface area contributed by atoms with Gasteiger partial charge in [0.05, 0.1) is 5.75 Å². The minimum Gasteiger partial charge on any atom is -0.340 e. The second-order valence-electron chi connectivity index (χ2n) is 7.79. The molecule has 2 heterocycles. The number of carbonyl (C=O) groups is 1. The van der Waals surface area contributed by atoms with Crippen LogP contribution in [0.2, 0.25) is 0 Å². The van der Waals surface area contributed by atoms with Crippen LogP contribution in [0, 0.1) is 11.8 Å². The molecule has 2 aliphatic heterocycles. The van der Waals surface area contributed by atoms with Crippen molar-refractivity contribution in [2.75, 3.05) is 39.3 Å². The molecular weight excluding hydrogens is 398 g/mol. The molecule has 28 heavy (non-hydrogen) atoms. The SMILES string of the molecule is CC(CC(=O)N1CCN(S(=O)(=O)Cc2ccccc2)CC1)C1CCNCC1.Cl. The Labute approximate surface area is 175 Å². The maximum absolute atomic E-state index is 12.6. The van der Waals surface area contributed by atoms with Crippen molar-refractivity contribution in [1.82, 2.24) is 14.5 Å². The van der Waals surface area contributed by atoms with E-state index in [9.17, 15) is 13.2 Å². The van der Waals surface area contributed by atoms with E-state index >= 15 is 0 Å². The summed E-state index contributed by atoms with van der Waals surface area (Å²) in [6.45, 7) is 6.03. The fourth-order valence-electron chi connectivity index (χ4n) is 4.08. The van der Waals surface area contributed by atoms with Crippen LogP contribution in [0.15, 0.2) is 30.3 Å². The Morgan fingerprint density at radius 3 is 2.32 bits per heavy atom. The fraction of sp³-hybridized carbons (Fsp3) is 0.650. The maximum Gasteiger partial charge on any atom is 0.222 e.